The third kappa shape index (κ3) is 1.85. The lowest BCUT2D eigenvalue weighted by atomic mass is 9.97. The standard InChI is InChI=1S/C14H16ClN3O/c15-14-10-2-1-3-11(10)16-13-8-12(17-18(13)14)9-4-6-19-7-5-9/h8-9H,1-7H2. The van der Waals surface area contributed by atoms with E-state index in [9.17, 15) is 0 Å². The molecule has 0 bridgehead atoms. The van der Waals surface area contributed by atoms with Gasteiger partial charge in [0.25, 0.3) is 0 Å². The number of aryl methyl sites for hydroxylation is 1. The van der Waals surface area contributed by atoms with Gasteiger partial charge in [-0.3, -0.25) is 0 Å². The van der Waals surface area contributed by atoms with Crippen molar-refractivity contribution in [3.8, 4) is 0 Å². The Bertz CT molecular complexity index is 631. The molecule has 2 aromatic heterocycles. The van der Waals surface area contributed by atoms with Crippen LogP contribution in [0.2, 0.25) is 5.15 Å². The molecule has 0 spiro atoms. The Morgan fingerprint density at radius 2 is 2.11 bits per heavy atom. The minimum atomic E-state index is 0.487. The monoisotopic (exact) mass is 277 g/mol. The van der Waals surface area contributed by atoms with Crippen molar-refractivity contribution < 1.29 is 4.74 Å². The quantitative estimate of drug-likeness (QED) is 0.753. The maximum atomic E-state index is 6.48. The van der Waals surface area contributed by atoms with Gasteiger partial charge in [0.1, 0.15) is 5.15 Å². The van der Waals surface area contributed by atoms with Crippen LogP contribution < -0.4 is 0 Å². The van der Waals surface area contributed by atoms with Crippen molar-refractivity contribution in [2.75, 3.05) is 13.2 Å². The highest BCUT2D eigenvalue weighted by molar-refractivity contribution is 6.30. The molecule has 2 aliphatic rings. The number of fused-ring (bicyclic) bond motifs is 2. The van der Waals surface area contributed by atoms with Crippen LogP contribution in [-0.4, -0.2) is 27.8 Å². The fourth-order valence-electron chi connectivity index (χ4n) is 3.15. The zero-order valence-corrected chi connectivity index (χ0v) is 11.5. The van der Waals surface area contributed by atoms with Crippen molar-refractivity contribution in [1.29, 1.82) is 0 Å². The molecule has 0 radical (unpaired) electrons. The Morgan fingerprint density at radius 3 is 2.95 bits per heavy atom. The molecular weight excluding hydrogens is 262 g/mol. The van der Waals surface area contributed by atoms with Gasteiger partial charge in [-0.1, -0.05) is 11.6 Å². The minimum Gasteiger partial charge on any atom is -0.381 e. The first kappa shape index (κ1) is 11.7. The summed E-state index contributed by atoms with van der Waals surface area (Å²) >= 11 is 6.48. The van der Waals surface area contributed by atoms with E-state index in [0.29, 0.717) is 5.92 Å². The van der Waals surface area contributed by atoms with E-state index in [1.54, 1.807) is 0 Å². The van der Waals surface area contributed by atoms with Gasteiger partial charge in [0, 0.05) is 36.5 Å². The number of nitrogens with zero attached hydrogens (tertiary/aromatic N) is 3. The number of ether oxygens (including phenoxy) is 1. The highest BCUT2D eigenvalue weighted by Crippen LogP contribution is 2.31. The van der Waals surface area contributed by atoms with Crippen molar-refractivity contribution in [3.63, 3.8) is 0 Å². The van der Waals surface area contributed by atoms with Gasteiger partial charge in [0.2, 0.25) is 0 Å². The first-order valence-corrected chi connectivity index (χ1v) is 7.35. The Balaban J connectivity index is 1.81. The van der Waals surface area contributed by atoms with Crippen LogP contribution in [0.1, 0.15) is 42.1 Å². The molecule has 1 fully saturated rings. The first-order chi connectivity index (χ1) is 9.33. The second kappa shape index (κ2) is 4.46. The van der Waals surface area contributed by atoms with E-state index >= 15 is 0 Å². The van der Waals surface area contributed by atoms with E-state index in [4.69, 9.17) is 21.3 Å². The third-order valence-corrected chi connectivity index (χ3v) is 4.61. The lowest BCUT2D eigenvalue weighted by Gasteiger charge is -2.19. The summed E-state index contributed by atoms with van der Waals surface area (Å²) in [5, 5.41) is 5.44. The Morgan fingerprint density at radius 1 is 1.26 bits per heavy atom. The fraction of sp³-hybridized carbons (Fsp3) is 0.571. The average molecular weight is 278 g/mol. The molecule has 1 aliphatic carbocycles. The number of rotatable bonds is 1. The van der Waals surface area contributed by atoms with Crippen molar-refractivity contribution >= 4 is 17.2 Å². The number of halogens is 1. The molecule has 19 heavy (non-hydrogen) atoms. The van der Waals surface area contributed by atoms with E-state index in [2.05, 4.69) is 11.2 Å². The summed E-state index contributed by atoms with van der Waals surface area (Å²) in [5.41, 5.74) is 4.36. The Kier molecular flexibility index (Phi) is 2.74. The largest absolute Gasteiger partial charge is 0.381 e. The maximum absolute atomic E-state index is 6.48. The topological polar surface area (TPSA) is 39.4 Å². The van der Waals surface area contributed by atoms with Gasteiger partial charge in [-0.15, -0.1) is 0 Å². The van der Waals surface area contributed by atoms with Gasteiger partial charge in [-0.2, -0.15) is 5.10 Å². The highest BCUT2D eigenvalue weighted by Gasteiger charge is 2.23. The van der Waals surface area contributed by atoms with Crippen LogP contribution in [0.15, 0.2) is 6.07 Å². The van der Waals surface area contributed by atoms with E-state index in [1.807, 2.05) is 4.52 Å². The van der Waals surface area contributed by atoms with Crippen molar-refractivity contribution in [2.45, 2.75) is 38.0 Å². The zero-order chi connectivity index (χ0) is 12.8. The zero-order valence-electron chi connectivity index (χ0n) is 10.7. The summed E-state index contributed by atoms with van der Waals surface area (Å²) in [5.74, 6) is 0.487. The van der Waals surface area contributed by atoms with Crippen molar-refractivity contribution in [3.05, 3.63) is 28.2 Å². The average Bonchev–Trinajstić information content (AvgIpc) is 3.06. The summed E-state index contributed by atoms with van der Waals surface area (Å²) in [6.45, 7) is 1.66. The van der Waals surface area contributed by atoms with Gasteiger partial charge >= 0.3 is 0 Å². The van der Waals surface area contributed by atoms with Gasteiger partial charge in [0.05, 0.1) is 5.69 Å². The number of aromatic nitrogens is 3. The SMILES string of the molecule is Clc1c2c(nc3cc(C4CCOCC4)nn13)CCC2. The highest BCUT2D eigenvalue weighted by atomic mass is 35.5. The molecule has 2 aromatic rings. The van der Waals surface area contributed by atoms with Gasteiger partial charge in [-0.05, 0) is 32.1 Å². The molecule has 4 nitrogen and oxygen atoms in total. The van der Waals surface area contributed by atoms with Crippen LogP contribution in [0.4, 0.5) is 0 Å². The fourth-order valence-corrected chi connectivity index (χ4v) is 3.47. The van der Waals surface area contributed by atoms with Gasteiger partial charge in [0.15, 0.2) is 5.65 Å². The smallest absolute Gasteiger partial charge is 0.157 e. The van der Waals surface area contributed by atoms with Crippen LogP contribution in [0, 0.1) is 0 Å². The summed E-state index contributed by atoms with van der Waals surface area (Å²) in [6, 6.07) is 2.10. The van der Waals surface area contributed by atoms with Crippen LogP contribution in [0.25, 0.3) is 5.65 Å². The van der Waals surface area contributed by atoms with Gasteiger partial charge in [-0.25, -0.2) is 9.50 Å². The van der Waals surface area contributed by atoms with E-state index < -0.39 is 0 Å². The normalized spacial score (nSPS) is 20.1. The molecular formula is C14H16ClN3O. The molecule has 0 atom stereocenters. The predicted molar refractivity (Wildman–Crippen MR) is 72.8 cm³/mol. The predicted octanol–water partition coefficient (Wildman–Crippen LogP) is 2.77. The Hall–Kier alpha value is -1.13. The number of hydrogen-bond acceptors (Lipinski definition) is 3. The molecule has 0 saturated carbocycles. The molecule has 100 valence electrons. The van der Waals surface area contributed by atoms with E-state index in [-0.39, 0.29) is 0 Å². The summed E-state index contributed by atoms with van der Waals surface area (Å²) < 4.78 is 7.22. The lowest BCUT2D eigenvalue weighted by Crippen LogP contribution is -2.14. The lowest BCUT2D eigenvalue weighted by molar-refractivity contribution is 0.0844. The van der Waals surface area contributed by atoms with Crippen LogP contribution >= 0.6 is 11.6 Å². The molecule has 5 heteroatoms. The second-order valence-electron chi connectivity index (χ2n) is 5.41. The number of hydrogen-bond donors (Lipinski definition) is 0. The molecule has 1 aliphatic heterocycles. The van der Waals surface area contributed by atoms with Crippen molar-refractivity contribution in [1.82, 2.24) is 14.6 Å². The third-order valence-electron chi connectivity index (χ3n) is 4.22. The molecule has 0 aromatic carbocycles. The maximum Gasteiger partial charge on any atom is 0.157 e. The summed E-state index contributed by atoms with van der Waals surface area (Å²) in [6.07, 6.45) is 5.32. The summed E-state index contributed by atoms with van der Waals surface area (Å²) in [7, 11) is 0. The van der Waals surface area contributed by atoms with Crippen LogP contribution in [-0.2, 0) is 17.6 Å². The molecule has 0 amide bonds. The molecule has 0 N–H and O–H groups in total. The van der Waals surface area contributed by atoms with E-state index in [0.717, 1.165) is 67.5 Å². The van der Waals surface area contributed by atoms with E-state index in [1.165, 1.54) is 5.56 Å². The molecule has 4 rings (SSSR count). The first-order valence-electron chi connectivity index (χ1n) is 6.97. The Labute approximate surface area is 116 Å². The van der Waals surface area contributed by atoms with Gasteiger partial charge < -0.3 is 4.74 Å². The second-order valence-corrected chi connectivity index (χ2v) is 5.77. The molecule has 1 saturated heterocycles. The molecule has 3 heterocycles. The minimum absolute atomic E-state index is 0.487. The van der Waals surface area contributed by atoms with Crippen LogP contribution in [0.3, 0.4) is 0 Å². The molecule has 0 unspecified atom stereocenters. The van der Waals surface area contributed by atoms with Crippen molar-refractivity contribution in [2.24, 2.45) is 0 Å². The summed E-state index contributed by atoms with van der Waals surface area (Å²) in [4.78, 5) is 4.72. The van der Waals surface area contributed by atoms with Crippen LogP contribution in [0.5, 0.6) is 0 Å².